The molecule has 2 aliphatic heterocycles. The Morgan fingerprint density at radius 1 is 1.33 bits per heavy atom. The van der Waals surface area contributed by atoms with Gasteiger partial charge in [-0.05, 0) is 11.6 Å². The fourth-order valence-corrected chi connectivity index (χ4v) is 3.45. The first-order valence-electron chi connectivity index (χ1n) is 8.70. The van der Waals surface area contributed by atoms with Crippen LogP contribution in [-0.2, 0) is 20.8 Å². The summed E-state index contributed by atoms with van der Waals surface area (Å²) >= 11 is 0. The first-order valence-corrected chi connectivity index (χ1v) is 8.70. The highest BCUT2D eigenvalue weighted by molar-refractivity contribution is 5.78. The summed E-state index contributed by atoms with van der Waals surface area (Å²) in [6, 6.07) is 4.04. The van der Waals surface area contributed by atoms with Crippen molar-refractivity contribution in [3.8, 4) is 0 Å². The topological polar surface area (TPSA) is 54.9 Å². The third-order valence-corrected chi connectivity index (χ3v) is 4.61. The summed E-state index contributed by atoms with van der Waals surface area (Å²) in [5.41, 5.74) is 0.752. The number of carbonyl (C=O) groups excluding carboxylic acids is 1. The van der Waals surface area contributed by atoms with Crippen LogP contribution in [-0.4, -0.2) is 72.3 Å². The smallest absolute Gasteiger partial charge is 0.225 e. The van der Waals surface area contributed by atoms with Crippen molar-refractivity contribution in [3.05, 3.63) is 30.1 Å². The van der Waals surface area contributed by atoms with Crippen LogP contribution >= 0.6 is 0 Å². The third-order valence-electron chi connectivity index (χ3n) is 4.61. The van der Waals surface area contributed by atoms with Gasteiger partial charge in [-0.15, -0.1) is 0 Å². The highest BCUT2D eigenvalue weighted by atomic mass is 16.5. The highest BCUT2D eigenvalue weighted by Gasteiger charge is 2.41. The summed E-state index contributed by atoms with van der Waals surface area (Å²) < 4.78 is 12.0. The molecule has 132 valence electrons. The van der Waals surface area contributed by atoms with Crippen LogP contribution in [0.5, 0.6) is 0 Å². The molecule has 1 spiro atoms. The molecule has 3 rings (SSSR count). The minimum atomic E-state index is -0.429. The van der Waals surface area contributed by atoms with E-state index in [1.165, 1.54) is 5.56 Å². The number of hydrogen-bond donors (Lipinski definition) is 0. The Balaban J connectivity index is 1.70. The van der Waals surface area contributed by atoms with Crippen molar-refractivity contribution in [2.75, 3.05) is 46.0 Å². The zero-order valence-corrected chi connectivity index (χ0v) is 14.6. The maximum absolute atomic E-state index is 12.4. The predicted octanol–water partition coefficient (Wildman–Crippen LogP) is 1.17. The maximum atomic E-state index is 12.4. The van der Waals surface area contributed by atoms with Crippen LogP contribution in [0.25, 0.3) is 0 Å². The number of hydrogen-bond acceptors (Lipinski definition) is 5. The minimum Gasteiger partial charge on any atom is -0.377 e. The Morgan fingerprint density at radius 2 is 2.21 bits per heavy atom. The molecule has 1 aromatic heterocycles. The van der Waals surface area contributed by atoms with Gasteiger partial charge in [-0.2, -0.15) is 0 Å². The van der Waals surface area contributed by atoms with Crippen LogP contribution in [0, 0.1) is 5.92 Å². The molecule has 0 aromatic carbocycles. The van der Waals surface area contributed by atoms with E-state index in [1.54, 1.807) is 6.20 Å². The number of carbonyl (C=O) groups is 1. The molecule has 1 aromatic rings. The van der Waals surface area contributed by atoms with E-state index in [9.17, 15) is 4.79 Å². The number of aromatic nitrogens is 1. The Bertz CT molecular complexity index is 552. The average Bonchev–Trinajstić information content (AvgIpc) is 2.77. The van der Waals surface area contributed by atoms with Gasteiger partial charge < -0.3 is 14.4 Å². The van der Waals surface area contributed by atoms with E-state index in [4.69, 9.17) is 9.47 Å². The van der Waals surface area contributed by atoms with Gasteiger partial charge in [0.1, 0.15) is 5.60 Å². The van der Waals surface area contributed by atoms with E-state index in [1.807, 2.05) is 31.0 Å². The van der Waals surface area contributed by atoms with E-state index < -0.39 is 5.60 Å². The molecule has 0 aliphatic carbocycles. The third kappa shape index (κ3) is 4.12. The molecule has 3 heterocycles. The van der Waals surface area contributed by atoms with Crippen LogP contribution in [0.3, 0.4) is 0 Å². The fourth-order valence-electron chi connectivity index (χ4n) is 3.45. The predicted molar refractivity (Wildman–Crippen MR) is 90.4 cm³/mol. The summed E-state index contributed by atoms with van der Waals surface area (Å²) in [6.45, 7) is 9.41. The largest absolute Gasteiger partial charge is 0.377 e. The molecule has 1 atom stereocenters. The van der Waals surface area contributed by atoms with E-state index in [0.29, 0.717) is 32.9 Å². The summed E-state index contributed by atoms with van der Waals surface area (Å²) in [4.78, 5) is 20.9. The molecule has 0 N–H and O–H groups in total. The molecule has 0 bridgehead atoms. The van der Waals surface area contributed by atoms with Crippen molar-refractivity contribution >= 4 is 5.91 Å². The van der Waals surface area contributed by atoms with Crippen molar-refractivity contribution in [1.82, 2.24) is 14.8 Å². The molecule has 2 fully saturated rings. The average molecular weight is 333 g/mol. The van der Waals surface area contributed by atoms with Crippen LogP contribution in [0.4, 0.5) is 0 Å². The van der Waals surface area contributed by atoms with Gasteiger partial charge in [-0.3, -0.25) is 14.7 Å². The van der Waals surface area contributed by atoms with Gasteiger partial charge in [0, 0.05) is 44.5 Å². The summed E-state index contributed by atoms with van der Waals surface area (Å²) in [6.07, 6.45) is 3.69. The second-order valence-corrected chi connectivity index (χ2v) is 7.07. The molecule has 0 unspecified atom stereocenters. The van der Waals surface area contributed by atoms with Gasteiger partial charge >= 0.3 is 0 Å². The molecule has 24 heavy (non-hydrogen) atoms. The molecule has 2 saturated heterocycles. The normalized spacial score (nSPS) is 25.9. The zero-order valence-electron chi connectivity index (χ0n) is 14.6. The Kier molecular flexibility index (Phi) is 5.48. The van der Waals surface area contributed by atoms with E-state index in [2.05, 4.69) is 16.0 Å². The lowest BCUT2D eigenvalue weighted by atomic mass is 10.0. The van der Waals surface area contributed by atoms with Crippen LogP contribution < -0.4 is 0 Å². The Labute approximate surface area is 143 Å². The standard InChI is InChI=1S/C18H27N3O3/c1-15(2)17(22)21-7-9-24-18(13-21)12-20(6-8-23-14-18)11-16-4-3-5-19-10-16/h3-5,10,15H,6-9,11-14H2,1-2H3/t18-/m1/s1. The van der Waals surface area contributed by atoms with Crippen LogP contribution in [0.15, 0.2) is 24.5 Å². The van der Waals surface area contributed by atoms with Gasteiger partial charge in [-0.25, -0.2) is 0 Å². The van der Waals surface area contributed by atoms with Crippen molar-refractivity contribution in [3.63, 3.8) is 0 Å². The second-order valence-electron chi connectivity index (χ2n) is 7.07. The van der Waals surface area contributed by atoms with Gasteiger partial charge in [-0.1, -0.05) is 19.9 Å². The van der Waals surface area contributed by atoms with Gasteiger partial charge in [0.05, 0.1) is 26.4 Å². The molecule has 6 heteroatoms. The molecular formula is C18H27N3O3. The first kappa shape index (κ1) is 17.3. The fraction of sp³-hybridized carbons (Fsp3) is 0.667. The summed E-state index contributed by atoms with van der Waals surface area (Å²) in [7, 11) is 0. The SMILES string of the molecule is CC(C)C(=O)N1CCO[C@@]2(COCCN(Cc3cccnc3)C2)C1. The number of ether oxygens (including phenoxy) is 2. The zero-order chi connectivity index (χ0) is 17.0. The first-order chi connectivity index (χ1) is 11.6. The van der Waals surface area contributed by atoms with Crippen LogP contribution in [0.1, 0.15) is 19.4 Å². The number of amides is 1. The molecule has 6 nitrogen and oxygen atoms in total. The summed E-state index contributed by atoms with van der Waals surface area (Å²) in [5.74, 6) is 0.207. The van der Waals surface area contributed by atoms with Gasteiger partial charge in [0.25, 0.3) is 0 Å². The van der Waals surface area contributed by atoms with Crippen molar-refractivity contribution < 1.29 is 14.3 Å². The minimum absolute atomic E-state index is 0.0124. The van der Waals surface area contributed by atoms with Crippen molar-refractivity contribution in [2.24, 2.45) is 5.92 Å². The van der Waals surface area contributed by atoms with E-state index in [-0.39, 0.29) is 11.8 Å². The molecule has 2 aliphatic rings. The number of rotatable bonds is 3. The molecule has 0 saturated carbocycles. The Hall–Kier alpha value is -1.50. The Morgan fingerprint density at radius 3 is 2.96 bits per heavy atom. The summed E-state index contributed by atoms with van der Waals surface area (Å²) in [5, 5.41) is 0. The highest BCUT2D eigenvalue weighted by Crippen LogP contribution is 2.24. The number of pyridine rings is 1. The molecular weight excluding hydrogens is 306 g/mol. The lowest BCUT2D eigenvalue weighted by Crippen LogP contribution is -2.60. The van der Waals surface area contributed by atoms with Gasteiger partial charge in [0.15, 0.2) is 0 Å². The van der Waals surface area contributed by atoms with E-state index in [0.717, 1.165) is 19.6 Å². The van der Waals surface area contributed by atoms with Gasteiger partial charge in [0.2, 0.25) is 5.91 Å². The monoisotopic (exact) mass is 333 g/mol. The second kappa shape index (κ2) is 7.59. The lowest BCUT2D eigenvalue weighted by molar-refractivity contribution is -0.164. The molecule has 1 amide bonds. The van der Waals surface area contributed by atoms with Crippen molar-refractivity contribution in [2.45, 2.75) is 26.0 Å². The quantitative estimate of drug-likeness (QED) is 0.831. The molecule has 0 radical (unpaired) electrons. The number of nitrogens with zero attached hydrogens (tertiary/aromatic N) is 3. The van der Waals surface area contributed by atoms with E-state index >= 15 is 0 Å². The lowest BCUT2D eigenvalue weighted by Gasteiger charge is -2.43. The van der Waals surface area contributed by atoms with Crippen LogP contribution in [0.2, 0.25) is 0 Å². The van der Waals surface area contributed by atoms with Crippen molar-refractivity contribution in [1.29, 1.82) is 0 Å². The maximum Gasteiger partial charge on any atom is 0.225 e. The number of morpholine rings is 1.